The average Bonchev–Trinajstić information content (AvgIpc) is 3.09. The highest BCUT2D eigenvalue weighted by Crippen LogP contribution is 2.28. The maximum absolute atomic E-state index is 12.1. The second-order valence-electron chi connectivity index (χ2n) is 4.81. The second kappa shape index (κ2) is 8.00. The number of carboxylic acids is 1. The van der Waals surface area contributed by atoms with Crippen LogP contribution in [0.4, 0.5) is 5.13 Å². The molecule has 0 radical (unpaired) electrons. The maximum atomic E-state index is 12.1. The summed E-state index contributed by atoms with van der Waals surface area (Å²) in [5, 5.41) is 22.9. The van der Waals surface area contributed by atoms with E-state index < -0.39 is 5.97 Å². The molecule has 0 fully saturated rings. The number of aromatic nitrogens is 2. The monoisotopic (exact) mass is 339 g/mol. The van der Waals surface area contributed by atoms with Crippen molar-refractivity contribution in [1.29, 1.82) is 0 Å². The zero-order chi connectivity index (χ0) is 15.9. The SMILES string of the molecule is CCCc1nnc(NC(=O)CC(CC(=O)O)c2cccs2)s1. The summed E-state index contributed by atoms with van der Waals surface area (Å²) in [4.78, 5) is 24.0. The van der Waals surface area contributed by atoms with Gasteiger partial charge < -0.3 is 10.4 Å². The molecule has 6 nitrogen and oxygen atoms in total. The number of rotatable bonds is 8. The molecule has 2 aromatic rings. The van der Waals surface area contributed by atoms with E-state index in [9.17, 15) is 9.59 Å². The zero-order valence-corrected chi connectivity index (χ0v) is 13.7. The van der Waals surface area contributed by atoms with Crippen molar-refractivity contribution < 1.29 is 14.7 Å². The molecule has 0 bridgehead atoms. The summed E-state index contributed by atoms with van der Waals surface area (Å²) in [6, 6.07) is 3.71. The van der Waals surface area contributed by atoms with E-state index in [1.807, 2.05) is 17.5 Å². The van der Waals surface area contributed by atoms with Gasteiger partial charge in [0.05, 0.1) is 6.42 Å². The molecule has 0 aliphatic rings. The molecule has 2 N–H and O–H groups in total. The Kier molecular flexibility index (Phi) is 6.02. The summed E-state index contributed by atoms with van der Waals surface area (Å²) >= 11 is 2.82. The molecule has 2 heterocycles. The van der Waals surface area contributed by atoms with Crippen LogP contribution in [-0.4, -0.2) is 27.2 Å². The Labute approximate surface area is 136 Å². The molecule has 1 amide bonds. The van der Waals surface area contributed by atoms with E-state index >= 15 is 0 Å². The molecule has 0 saturated heterocycles. The molecule has 0 aliphatic carbocycles. The number of thiophene rings is 1. The van der Waals surface area contributed by atoms with Crippen LogP contribution in [0, 0.1) is 0 Å². The zero-order valence-electron chi connectivity index (χ0n) is 12.1. The van der Waals surface area contributed by atoms with Crippen molar-refractivity contribution >= 4 is 39.7 Å². The summed E-state index contributed by atoms with van der Waals surface area (Å²) in [5.74, 6) is -1.47. The Morgan fingerprint density at radius 2 is 2.18 bits per heavy atom. The lowest BCUT2D eigenvalue weighted by Crippen LogP contribution is -2.17. The summed E-state index contributed by atoms with van der Waals surface area (Å²) < 4.78 is 0. The minimum absolute atomic E-state index is 0.0643. The molecule has 1 unspecified atom stereocenters. The number of aryl methyl sites for hydroxylation is 1. The number of nitrogens with zero attached hydrogens (tertiary/aromatic N) is 2. The van der Waals surface area contributed by atoms with E-state index in [2.05, 4.69) is 22.4 Å². The van der Waals surface area contributed by atoms with E-state index in [-0.39, 0.29) is 24.7 Å². The standard InChI is InChI=1S/C14H17N3O3S2/c1-2-4-12-16-17-14(22-12)15-11(18)7-9(8-13(19)20)10-5-3-6-21-10/h3,5-6,9H,2,4,7-8H2,1H3,(H,19,20)(H,15,17,18). The predicted molar refractivity (Wildman–Crippen MR) is 86.5 cm³/mol. The van der Waals surface area contributed by atoms with Gasteiger partial charge in [0.15, 0.2) is 0 Å². The smallest absolute Gasteiger partial charge is 0.304 e. The van der Waals surface area contributed by atoms with E-state index in [0.717, 1.165) is 22.7 Å². The van der Waals surface area contributed by atoms with Gasteiger partial charge in [0.1, 0.15) is 5.01 Å². The van der Waals surface area contributed by atoms with Crippen LogP contribution in [0.1, 0.15) is 42.0 Å². The third kappa shape index (κ3) is 4.88. The molecule has 0 aliphatic heterocycles. The number of amides is 1. The average molecular weight is 339 g/mol. The van der Waals surface area contributed by atoms with Gasteiger partial charge in [-0.05, 0) is 17.9 Å². The molecule has 0 spiro atoms. The molecule has 1 atom stereocenters. The number of carbonyl (C=O) groups excluding carboxylic acids is 1. The van der Waals surface area contributed by atoms with Crippen molar-refractivity contribution in [2.24, 2.45) is 0 Å². The van der Waals surface area contributed by atoms with Crippen molar-refractivity contribution in [1.82, 2.24) is 10.2 Å². The number of hydrogen-bond acceptors (Lipinski definition) is 6. The Bertz CT molecular complexity index is 625. The van der Waals surface area contributed by atoms with E-state index in [0.29, 0.717) is 5.13 Å². The highest BCUT2D eigenvalue weighted by molar-refractivity contribution is 7.15. The van der Waals surface area contributed by atoms with Crippen LogP contribution in [0.15, 0.2) is 17.5 Å². The van der Waals surface area contributed by atoms with Gasteiger partial charge in [-0.15, -0.1) is 21.5 Å². The lowest BCUT2D eigenvalue weighted by atomic mass is 9.99. The van der Waals surface area contributed by atoms with Gasteiger partial charge in [-0.2, -0.15) is 0 Å². The van der Waals surface area contributed by atoms with Crippen molar-refractivity contribution in [2.45, 2.75) is 38.5 Å². The van der Waals surface area contributed by atoms with Crippen LogP contribution < -0.4 is 5.32 Å². The Morgan fingerprint density at radius 1 is 1.36 bits per heavy atom. The largest absolute Gasteiger partial charge is 0.481 e. The molecular formula is C14H17N3O3S2. The molecule has 0 aromatic carbocycles. The summed E-state index contributed by atoms with van der Waals surface area (Å²) in [6.45, 7) is 2.05. The summed E-state index contributed by atoms with van der Waals surface area (Å²) in [5.41, 5.74) is 0. The fourth-order valence-electron chi connectivity index (χ4n) is 2.02. The third-order valence-corrected chi connectivity index (χ3v) is 4.91. The second-order valence-corrected chi connectivity index (χ2v) is 6.85. The third-order valence-electron chi connectivity index (χ3n) is 2.98. The van der Waals surface area contributed by atoms with Crippen molar-refractivity contribution in [3.63, 3.8) is 0 Å². The lowest BCUT2D eigenvalue weighted by Gasteiger charge is -2.12. The van der Waals surface area contributed by atoms with Crippen molar-refractivity contribution in [3.05, 3.63) is 27.4 Å². The molecule has 8 heteroatoms. The van der Waals surface area contributed by atoms with Gasteiger partial charge in [-0.25, -0.2) is 0 Å². The van der Waals surface area contributed by atoms with Crippen molar-refractivity contribution in [3.8, 4) is 0 Å². The normalized spacial score (nSPS) is 12.0. The first kappa shape index (κ1) is 16.6. The first-order valence-electron chi connectivity index (χ1n) is 6.96. The minimum atomic E-state index is -0.910. The molecule has 0 saturated carbocycles. The van der Waals surface area contributed by atoms with Crippen LogP contribution in [0.3, 0.4) is 0 Å². The number of aliphatic carboxylic acids is 1. The van der Waals surface area contributed by atoms with Gasteiger partial charge in [-0.3, -0.25) is 9.59 Å². The number of nitrogens with one attached hydrogen (secondary N) is 1. The van der Waals surface area contributed by atoms with Crippen LogP contribution in [0.25, 0.3) is 0 Å². The Morgan fingerprint density at radius 3 is 2.82 bits per heavy atom. The van der Waals surface area contributed by atoms with Crippen LogP contribution in [-0.2, 0) is 16.0 Å². The fraction of sp³-hybridized carbons (Fsp3) is 0.429. The first-order chi connectivity index (χ1) is 10.6. The van der Waals surface area contributed by atoms with Crippen LogP contribution >= 0.6 is 22.7 Å². The number of carboxylic acid groups (broad SMARTS) is 1. The summed E-state index contributed by atoms with van der Waals surface area (Å²) in [7, 11) is 0. The van der Waals surface area contributed by atoms with E-state index in [4.69, 9.17) is 5.11 Å². The number of anilines is 1. The lowest BCUT2D eigenvalue weighted by molar-refractivity contribution is -0.137. The number of carbonyl (C=O) groups is 2. The van der Waals surface area contributed by atoms with E-state index in [1.54, 1.807) is 0 Å². The topological polar surface area (TPSA) is 92.2 Å². The Hall–Kier alpha value is -1.80. The van der Waals surface area contributed by atoms with Gasteiger partial charge in [-0.1, -0.05) is 24.3 Å². The van der Waals surface area contributed by atoms with Crippen molar-refractivity contribution in [2.75, 3.05) is 5.32 Å². The fourth-order valence-corrected chi connectivity index (χ4v) is 3.71. The van der Waals surface area contributed by atoms with Gasteiger partial charge in [0.2, 0.25) is 11.0 Å². The molecule has 2 aromatic heterocycles. The molecular weight excluding hydrogens is 322 g/mol. The minimum Gasteiger partial charge on any atom is -0.481 e. The quantitative estimate of drug-likeness (QED) is 0.771. The van der Waals surface area contributed by atoms with Gasteiger partial charge >= 0.3 is 5.97 Å². The maximum Gasteiger partial charge on any atom is 0.304 e. The van der Waals surface area contributed by atoms with Gasteiger partial charge in [0, 0.05) is 23.6 Å². The highest BCUT2D eigenvalue weighted by Gasteiger charge is 2.21. The molecule has 2 rings (SSSR count). The Balaban J connectivity index is 1.96. The first-order valence-corrected chi connectivity index (χ1v) is 8.65. The van der Waals surface area contributed by atoms with Gasteiger partial charge in [0.25, 0.3) is 0 Å². The molecule has 118 valence electrons. The summed E-state index contributed by atoms with van der Waals surface area (Å²) in [6.07, 6.45) is 1.87. The van der Waals surface area contributed by atoms with Crippen LogP contribution in [0.2, 0.25) is 0 Å². The van der Waals surface area contributed by atoms with Crippen LogP contribution in [0.5, 0.6) is 0 Å². The predicted octanol–water partition coefficient (Wildman–Crippen LogP) is 3.14. The highest BCUT2D eigenvalue weighted by atomic mass is 32.1. The molecule has 22 heavy (non-hydrogen) atoms. The number of hydrogen-bond donors (Lipinski definition) is 2. The van der Waals surface area contributed by atoms with E-state index in [1.165, 1.54) is 22.7 Å².